The fourth-order valence-electron chi connectivity index (χ4n) is 3.74. The van der Waals surface area contributed by atoms with Crippen LogP contribution in [0.2, 0.25) is 0 Å². The second kappa shape index (κ2) is 11.2. The van der Waals surface area contributed by atoms with Crippen molar-refractivity contribution >= 4 is 23.2 Å². The first-order valence-electron chi connectivity index (χ1n) is 11.5. The molecule has 7 heteroatoms. The van der Waals surface area contributed by atoms with Gasteiger partial charge in [0.25, 0.3) is 0 Å². The summed E-state index contributed by atoms with van der Waals surface area (Å²) in [4.78, 5) is 31.0. The van der Waals surface area contributed by atoms with Gasteiger partial charge in [-0.05, 0) is 48.9 Å². The number of anilines is 2. The highest BCUT2D eigenvalue weighted by Crippen LogP contribution is 2.23. The van der Waals surface area contributed by atoms with Gasteiger partial charge >= 0.3 is 0 Å². The molecule has 0 bridgehead atoms. The summed E-state index contributed by atoms with van der Waals surface area (Å²) in [5.41, 5.74) is 2.71. The van der Waals surface area contributed by atoms with Crippen LogP contribution in [0.15, 0.2) is 89.5 Å². The van der Waals surface area contributed by atoms with Gasteiger partial charge in [0.2, 0.25) is 11.8 Å². The molecule has 1 aromatic heterocycles. The molecule has 0 fully saturated rings. The van der Waals surface area contributed by atoms with E-state index in [0.717, 1.165) is 11.3 Å². The van der Waals surface area contributed by atoms with Crippen LogP contribution in [0.5, 0.6) is 0 Å². The zero-order valence-electron chi connectivity index (χ0n) is 19.4. The highest BCUT2D eigenvalue weighted by atomic mass is 19.1. The van der Waals surface area contributed by atoms with Gasteiger partial charge in [0.15, 0.2) is 11.7 Å². The van der Waals surface area contributed by atoms with E-state index in [-0.39, 0.29) is 30.5 Å². The van der Waals surface area contributed by atoms with Gasteiger partial charge in [-0.2, -0.15) is 0 Å². The van der Waals surface area contributed by atoms with Crippen LogP contribution in [0.4, 0.5) is 15.8 Å². The number of benzene rings is 3. The molecule has 4 aromatic rings. The maximum absolute atomic E-state index is 13.9. The SMILES string of the molecule is CCN(C(=O)Cc1ccc(NC(=O)CCc2ncc(-c3ccccc3F)o2)cc1)c1ccccc1. The Morgan fingerprint density at radius 3 is 2.40 bits per heavy atom. The topological polar surface area (TPSA) is 75.4 Å². The Morgan fingerprint density at radius 1 is 0.971 bits per heavy atom. The molecule has 178 valence electrons. The van der Waals surface area contributed by atoms with Crippen LogP contribution in [0.1, 0.15) is 24.8 Å². The van der Waals surface area contributed by atoms with Crippen molar-refractivity contribution in [3.63, 3.8) is 0 Å². The molecule has 6 nitrogen and oxygen atoms in total. The highest BCUT2D eigenvalue weighted by molar-refractivity contribution is 5.95. The average Bonchev–Trinajstić information content (AvgIpc) is 3.34. The Labute approximate surface area is 203 Å². The predicted molar refractivity (Wildman–Crippen MR) is 133 cm³/mol. The third kappa shape index (κ3) is 6.20. The summed E-state index contributed by atoms with van der Waals surface area (Å²) in [7, 11) is 0. The van der Waals surface area contributed by atoms with Gasteiger partial charge in [-0.1, -0.05) is 42.5 Å². The van der Waals surface area contributed by atoms with E-state index in [1.807, 2.05) is 49.4 Å². The number of oxazole rings is 1. The van der Waals surface area contributed by atoms with Crippen molar-refractivity contribution in [1.82, 2.24) is 4.98 Å². The minimum absolute atomic E-state index is 0.0104. The minimum Gasteiger partial charge on any atom is -0.441 e. The van der Waals surface area contributed by atoms with Crippen molar-refractivity contribution in [2.45, 2.75) is 26.2 Å². The molecule has 1 N–H and O–H groups in total. The highest BCUT2D eigenvalue weighted by Gasteiger charge is 2.15. The van der Waals surface area contributed by atoms with E-state index in [4.69, 9.17) is 4.42 Å². The standard InChI is InChI=1S/C28H26FN3O3/c1-2-32(22-8-4-3-5-9-22)28(34)18-20-12-14-21(15-13-20)31-26(33)16-17-27-30-19-25(35-27)23-10-6-7-11-24(23)29/h3-15,19H,2,16-18H2,1H3,(H,31,33). The molecule has 3 aromatic carbocycles. The van der Waals surface area contributed by atoms with Crippen molar-refractivity contribution < 1.29 is 18.4 Å². The van der Waals surface area contributed by atoms with Gasteiger partial charge in [-0.3, -0.25) is 9.59 Å². The predicted octanol–water partition coefficient (Wildman–Crippen LogP) is 5.65. The molecule has 0 aliphatic carbocycles. The molecular weight excluding hydrogens is 445 g/mol. The molecule has 35 heavy (non-hydrogen) atoms. The van der Waals surface area contributed by atoms with Crippen LogP contribution in [0.3, 0.4) is 0 Å². The lowest BCUT2D eigenvalue weighted by atomic mass is 10.1. The summed E-state index contributed by atoms with van der Waals surface area (Å²) >= 11 is 0. The van der Waals surface area contributed by atoms with Gasteiger partial charge < -0.3 is 14.6 Å². The number of rotatable bonds is 9. The summed E-state index contributed by atoms with van der Waals surface area (Å²) in [6, 6.07) is 23.1. The van der Waals surface area contributed by atoms with Crippen molar-refractivity contribution in [2.24, 2.45) is 0 Å². The number of para-hydroxylation sites is 1. The summed E-state index contributed by atoms with van der Waals surface area (Å²) in [6.07, 6.45) is 2.19. The van der Waals surface area contributed by atoms with E-state index in [2.05, 4.69) is 10.3 Å². The molecule has 2 amide bonds. The van der Waals surface area contributed by atoms with Crippen molar-refractivity contribution in [2.75, 3.05) is 16.8 Å². The van der Waals surface area contributed by atoms with E-state index in [0.29, 0.717) is 35.9 Å². The third-order valence-corrected chi connectivity index (χ3v) is 5.54. The van der Waals surface area contributed by atoms with Crippen LogP contribution in [-0.4, -0.2) is 23.3 Å². The average molecular weight is 472 g/mol. The Balaban J connectivity index is 1.28. The van der Waals surface area contributed by atoms with Crippen LogP contribution in [-0.2, 0) is 22.4 Å². The molecule has 0 spiro atoms. The Bertz CT molecular complexity index is 1290. The first-order valence-corrected chi connectivity index (χ1v) is 11.5. The molecule has 0 radical (unpaired) electrons. The molecule has 0 saturated heterocycles. The smallest absolute Gasteiger partial charge is 0.231 e. The number of carbonyl (C=O) groups is 2. The molecule has 0 aliphatic rings. The monoisotopic (exact) mass is 471 g/mol. The number of aromatic nitrogens is 1. The first kappa shape index (κ1) is 23.9. The van der Waals surface area contributed by atoms with Gasteiger partial charge in [-0.25, -0.2) is 9.37 Å². The number of nitrogens with zero attached hydrogens (tertiary/aromatic N) is 2. The Morgan fingerprint density at radius 2 is 1.69 bits per heavy atom. The van der Waals surface area contributed by atoms with E-state index in [1.165, 1.54) is 12.3 Å². The lowest BCUT2D eigenvalue weighted by Gasteiger charge is -2.21. The molecule has 4 rings (SSSR count). The fraction of sp³-hybridized carbons (Fsp3) is 0.179. The van der Waals surface area contributed by atoms with E-state index < -0.39 is 0 Å². The number of amides is 2. The maximum atomic E-state index is 13.9. The lowest BCUT2D eigenvalue weighted by molar-refractivity contribution is -0.118. The Kier molecular flexibility index (Phi) is 7.67. The first-order chi connectivity index (χ1) is 17.0. The fourth-order valence-corrected chi connectivity index (χ4v) is 3.74. The number of nitrogens with one attached hydrogen (secondary N) is 1. The molecule has 0 saturated carbocycles. The maximum Gasteiger partial charge on any atom is 0.231 e. The van der Waals surface area contributed by atoms with Gasteiger partial charge in [0.05, 0.1) is 18.2 Å². The minimum atomic E-state index is -0.388. The van der Waals surface area contributed by atoms with Gasteiger partial charge in [-0.15, -0.1) is 0 Å². The summed E-state index contributed by atoms with van der Waals surface area (Å²) in [6.45, 7) is 2.53. The second-order valence-corrected chi connectivity index (χ2v) is 7.99. The number of halogens is 1. The molecule has 1 heterocycles. The number of aryl methyl sites for hydroxylation is 1. The molecular formula is C28H26FN3O3. The zero-order valence-corrected chi connectivity index (χ0v) is 19.4. The molecule has 0 aliphatic heterocycles. The van der Waals surface area contributed by atoms with E-state index in [9.17, 15) is 14.0 Å². The normalized spacial score (nSPS) is 10.7. The van der Waals surface area contributed by atoms with Crippen molar-refractivity contribution in [3.8, 4) is 11.3 Å². The summed E-state index contributed by atoms with van der Waals surface area (Å²) < 4.78 is 19.5. The van der Waals surface area contributed by atoms with Gasteiger partial charge in [0.1, 0.15) is 5.82 Å². The second-order valence-electron chi connectivity index (χ2n) is 7.99. The Hall–Kier alpha value is -4.26. The quantitative estimate of drug-likeness (QED) is 0.342. The van der Waals surface area contributed by atoms with Gasteiger partial charge in [0, 0.05) is 30.8 Å². The number of hydrogen-bond donors (Lipinski definition) is 1. The van der Waals surface area contributed by atoms with Crippen LogP contribution < -0.4 is 10.2 Å². The molecule has 0 atom stereocenters. The lowest BCUT2D eigenvalue weighted by Crippen LogP contribution is -2.31. The van der Waals surface area contributed by atoms with E-state index >= 15 is 0 Å². The van der Waals surface area contributed by atoms with Crippen LogP contribution >= 0.6 is 0 Å². The number of carbonyl (C=O) groups excluding carboxylic acids is 2. The van der Waals surface area contributed by atoms with Crippen LogP contribution in [0.25, 0.3) is 11.3 Å². The molecule has 0 unspecified atom stereocenters. The number of likely N-dealkylation sites (N-methyl/N-ethyl adjacent to an activating group) is 1. The third-order valence-electron chi connectivity index (χ3n) is 5.54. The van der Waals surface area contributed by atoms with Crippen LogP contribution in [0, 0.1) is 5.82 Å². The van der Waals surface area contributed by atoms with Crippen molar-refractivity contribution in [3.05, 3.63) is 102 Å². The number of hydrogen-bond acceptors (Lipinski definition) is 4. The largest absolute Gasteiger partial charge is 0.441 e. The van der Waals surface area contributed by atoms with Crippen molar-refractivity contribution in [1.29, 1.82) is 0 Å². The summed E-state index contributed by atoms with van der Waals surface area (Å²) in [5.74, 6) is 0.126. The van der Waals surface area contributed by atoms with E-state index in [1.54, 1.807) is 35.2 Å². The zero-order chi connectivity index (χ0) is 24.6. The summed E-state index contributed by atoms with van der Waals surface area (Å²) in [5, 5.41) is 2.84.